The van der Waals surface area contributed by atoms with Gasteiger partial charge in [0.1, 0.15) is 48.3 Å². The largest absolute Gasteiger partial charge is 0.495 e. The predicted octanol–water partition coefficient (Wildman–Crippen LogP) is 16.0. The van der Waals surface area contributed by atoms with Crippen LogP contribution in [0.15, 0.2) is 189 Å². The zero-order valence-electron chi connectivity index (χ0n) is 48.4. The molecule has 0 atom stereocenters. The molecule has 0 amide bonds. The van der Waals surface area contributed by atoms with Crippen LogP contribution < -0.4 is 33.2 Å². The third-order valence-electron chi connectivity index (χ3n) is 13.8. The van der Waals surface area contributed by atoms with E-state index in [0.29, 0.717) is 143 Å². The van der Waals surface area contributed by atoms with Crippen molar-refractivity contribution in [1.29, 1.82) is 0 Å². The van der Waals surface area contributed by atoms with E-state index in [2.05, 4.69) is 29.9 Å². The number of hydrogen-bond donors (Lipinski definition) is 3. The van der Waals surface area contributed by atoms with Crippen LogP contribution in [0.4, 0.5) is 4.39 Å². The summed E-state index contributed by atoms with van der Waals surface area (Å²) in [7, 11) is 3.06. The van der Waals surface area contributed by atoms with Gasteiger partial charge in [-0.25, -0.2) is 19.3 Å². The van der Waals surface area contributed by atoms with Crippen LogP contribution in [-0.2, 0) is 19.8 Å². The van der Waals surface area contributed by atoms with E-state index in [-0.39, 0.29) is 24.0 Å². The van der Waals surface area contributed by atoms with Crippen LogP contribution >= 0.6 is 34.8 Å². The Balaban J connectivity index is 0.000000147. The molecule has 6 aromatic carbocycles. The van der Waals surface area contributed by atoms with E-state index < -0.39 is 5.82 Å². The van der Waals surface area contributed by atoms with Crippen molar-refractivity contribution in [3.8, 4) is 40.2 Å². The number of benzene rings is 6. The Bertz CT molecular complexity index is 4480. The minimum absolute atomic E-state index is 0.0467. The van der Waals surface area contributed by atoms with Crippen molar-refractivity contribution in [3.05, 3.63) is 260 Å². The Morgan fingerprint density at radius 3 is 1.31 bits per heavy atom. The molecule has 0 unspecified atom stereocenters. The molecule has 0 aliphatic carbocycles. The van der Waals surface area contributed by atoms with Gasteiger partial charge in [0.05, 0.1) is 50.3 Å². The zero-order valence-corrected chi connectivity index (χ0v) is 50.6. The second-order valence-corrected chi connectivity index (χ2v) is 20.8. The predicted molar refractivity (Wildman–Crippen MR) is 341 cm³/mol. The van der Waals surface area contributed by atoms with Crippen molar-refractivity contribution in [3.63, 3.8) is 0 Å². The van der Waals surface area contributed by atoms with Crippen molar-refractivity contribution in [2.24, 2.45) is 0 Å². The molecule has 0 radical (unpaired) electrons. The molecule has 12 rings (SSSR count). The second kappa shape index (κ2) is 29.0. The molecule has 6 heterocycles. The van der Waals surface area contributed by atoms with E-state index in [9.17, 15) is 18.8 Å². The number of methoxy groups -OCH3 is 2. The highest BCUT2D eigenvalue weighted by Gasteiger charge is 2.25. The van der Waals surface area contributed by atoms with Gasteiger partial charge in [-0.05, 0) is 128 Å². The molecule has 3 N–H and O–H groups in total. The van der Waals surface area contributed by atoms with Crippen LogP contribution in [-0.4, -0.2) is 74.7 Å². The van der Waals surface area contributed by atoms with Crippen LogP contribution in [0.3, 0.4) is 0 Å². The molecule has 20 heteroatoms. The molecule has 450 valence electrons. The summed E-state index contributed by atoms with van der Waals surface area (Å²) in [4.78, 5) is 61.7. The molecule has 0 aliphatic heterocycles. The van der Waals surface area contributed by atoms with Crippen molar-refractivity contribution < 1.29 is 51.9 Å². The van der Waals surface area contributed by atoms with E-state index in [1.807, 2.05) is 80.6 Å². The first-order chi connectivity index (χ1) is 43.3. The summed E-state index contributed by atoms with van der Waals surface area (Å²) in [5.74, 6) is 1.98. The van der Waals surface area contributed by atoms with Gasteiger partial charge >= 0.3 is 0 Å². The third-order valence-corrected chi connectivity index (χ3v) is 14.6. The molecule has 0 saturated heterocycles. The molecular weight excluding hydrogens is 1200 g/mol. The number of aromatic nitrogens is 6. The lowest BCUT2D eigenvalue weighted by Gasteiger charge is -2.15. The summed E-state index contributed by atoms with van der Waals surface area (Å²) in [6.45, 7) is 5.05. The Morgan fingerprint density at radius 1 is 0.438 bits per heavy atom. The first kappa shape index (κ1) is 61.9. The maximum absolute atomic E-state index is 14.1. The summed E-state index contributed by atoms with van der Waals surface area (Å²) in [6, 6.07) is 43.9. The van der Waals surface area contributed by atoms with Crippen molar-refractivity contribution in [2.75, 3.05) is 27.4 Å². The number of para-hydroxylation sites is 3. The fraction of sp³-hybridized carbons (Fsp3) is 0.130. The summed E-state index contributed by atoms with van der Waals surface area (Å²) in [5.41, 5.74) is 6.89. The van der Waals surface area contributed by atoms with Crippen LogP contribution in [0.2, 0.25) is 15.1 Å². The van der Waals surface area contributed by atoms with E-state index in [0.717, 1.165) is 21.9 Å². The first-order valence-corrected chi connectivity index (χ1v) is 29.0. The van der Waals surface area contributed by atoms with E-state index in [1.54, 1.807) is 116 Å². The molecule has 12 aromatic rings. The number of rotatable bonds is 21. The van der Waals surface area contributed by atoms with Gasteiger partial charge in [-0.1, -0.05) is 83.3 Å². The molecule has 0 saturated carbocycles. The zero-order chi connectivity index (χ0) is 62.4. The fourth-order valence-corrected chi connectivity index (χ4v) is 9.92. The Hall–Kier alpha value is -10.2. The number of aromatic amines is 3. The minimum Gasteiger partial charge on any atom is -0.495 e. The highest BCUT2D eigenvalue weighted by molar-refractivity contribution is 6.31. The van der Waals surface area contributed by atoms with E-state index >= 15 is 0 Å². The number of H-pyrrole nitrogens is 3. The standard InChI is InChI=1S/C24H20ClFN2O4.C23H19ClN2O3.C22H17ClN2O3/c1-3-31-23-17(22(29)19-12-28-24-18(19)10-16(30-2)11-27-24)5-4-6-21(23)32-13-14-7-8-15(25)9-20(14)26;1-2-28-22-18(21(27)19-13-26-23-17(19)6-4-12-25-23)5-3-7-20(22)29-14-15-8-10-16(24)11-9-15;1-27-21-17(20(26)18-12-25-22-16(18)5-3-11-24-22)4-2-6-19(21)28-13-14-7-9-15(23)10-8-14/h4-12H,3,13H2,1-2H3,(H,27,28);3-13H,2,14H2,1H3,(H,25,26);2-12H,13H2,1H3,(H,24,25). The fourth-order valence-electron chi connectivity index (χ4n) is 9.51. The topological polar surface area (TPSA) is 202 Å². The number of nitrogens with one attached hydrogen (secondary N) is 3. The summed E-state index contributed by atoms with van der Waals surface area (Å²) in [5, 5.41) is 3.81. The monoisotopic (exact) mass is 1250 g/mol. The maximum atomic E-state index is 14.1. The average Bonchev–Trinajstić information content (AvgIpc) is 1.88. The number of fused-ring (bicyclic) bond motifs is 3. The third kappa shape index (κ3) is 14.5. The van der Waals surface area contributed by atoms with Crippen LogP contribution in [0.25, 0.3) is 33.1 Å². The lowest BCUT2D eigenvalue weighted by Crippen LogP contribution is -2.08. The van der Waals surface area contributed by atoms with Crippen LogP contribution in [0, 0.1) is 5.82 Å². The number of hydrogen-bond acceptors (Lipinski definition) is 13. The summed E-state index contributed by atoms with van der Waals surface area (Å²) in [6.07, 6.45) is 9.88. The second-order valence-electron chi connectivity index (χ2n) is 19.5. The highest BCUT2D eigenvalue weighted by Crippen LogP contribution is 2.38. The Labute approximate surface area is 525 Å². The van der Waals surface area contributed by atoms with Crippen LogP contribution in [0.1, 0.15) is 78.3 Å². The van der Waals surface area contributed by atoms with Gasteiger partial charge in [0.2, 0.25) is 0 Å². The number of ether oxygens (including phenoxy) is 7. The number of nitrogens with zero attached hydrogens (tertiary/aromatic N) is 3. The molecule has 89 heavy (non-hydrogen) atoms. The SMILES string of the molecule is CCOc1c(OCc2ccc(Cl)cc2)cccc1C(=O)c1c[nH]c2ncccc12.CCOc1c(OCc2ccc(Cl)cc2F)cccc1C(=O)c1c[nH]c2ncc(OC)cc12.COc1c(OCc2ccc(Cl)cc2)cccc1C(=O)c1c[nH]c2ncccc12. The smallest absolute Gasteiger partial charge is 0.199 e. The molecule has 16 nitrogen and oxygen atoms in total. The Kier molecular flexibility index (Phi) is 20.2. The van der Waals surface area contributed by atoms with E-state index in [4.69, 9.17) is 68.0 Å². The quantitative estimate of drug-likeness (QED) is 0.0574. The average molecular weight is 1250 g/mol. The molecule has 6 aromatic heterocycles. The Morgan fingerprint density at radius 2 is 0.865 bits per heavy atom. The number of carbonyl (C=O) groups is 3. The number of ketones is 3. The first-order valence-electron chi connectivity index (χ1n) is 27.8. The minimum atomic E-state index is -0.470. The number of halogens is 4. The van der Waals surface area contributed by atoms with Gasteiger partial charge in [-0.2, -0.15) is 0 Å². The van der Waals surface area contributed by atoms with Gasteiger partial charge in [0, 0.05) is 84.5 Å². The summed E-state index contributed by atoms with van der Waals surface area (Å²) < 4.78 is 54.2. The molecule has 0 aliphatic rings. The van der Waals surface area contributed by atoms with Crippen molar-refractivity contribution >= 4 is 85.3 Å². The molecule has 0 spiro atoms. The van der Waals surface area contributed by atoms with Gasteiger partial charge in [0.25, 0.3) is 0 Å². The molecule has 0 fully saturated rings. The van der Waals surface area contributed by atoms with Gasteiger partial charge in [0.15, 0.2) is 51.8 Å². The lowest BCUT2D eigenvalue weighted by atomic mass is 10.0. The van der Waals surface area contributed by atoms with Crippen LogP contribution in [0.5, 0.6) is 40.2 Å². The van der Waals surface area contributed by atoms with Gasteiger partial charge in [-0.15, -0.1) is 0 Å². The van der Waals surface area contributed by atoms with E-state index in [1.165, 1.54) is 20.3 Å². The molecule has 0 bridgehead atoms. The lowest BCUT2D eigenvalue weighted by molar-refractivity contribution is 0.102. The normalized spacial score (nSPS) is 10.8. The highest BCUT2D eigenvalue weighted by atomic mass is 35.5. The van der Waals surface area contributed by atoms with Crippen molar-refractivity contribution in [1.82, 2.24) is 29.9 Å². The van der Waals surface area contributed by atoms with Gasteiger partial charge < -0.3 is 48.1 Å². The number of pyridine rings is 3. The maximum Gasteiger partial charge on any atom is 0.199 e. The number of carbonyl (C=O) groups excluding carboxylic acids is 3. The van der Waals surface area contributed by atoms with Gasteiger partial charge in [-0.3, -0.25) is 14.4 Å². The van der Waals surface area contributed by atoms with Crippen molar-refractivity contribution in [2.45, 2.75) is 33.7 Å². The molecular formula is C69H56Cl3FN6O10. The summed E-state index contributed by atoms with van der Waals surface area (Å²) >= 11 is 17.7.